The molecule has 0 bridgehead atoms. The summed E-state index contributed by atoms with van der Waals surface area (Å²) in [6.07, 6.45) is 1.59. The van der Waals surface area contributed by atoms with E-state index in [0.29, 0.717) is 13.0 Å². The average molecular weight is 252 g/mol. The zero-order valence-corrected chi connectivity index (χ0v) is 10.1. The second kappa shape index (κ2) is 4.91. The second-order valence-electron chi connectivity index (χ2n) is 4.49. The summed E-state index contributed by atoms with van der Waals surface area (Å²) in [5, 5.41) is 12.8. The Kier molecular flexibility index (Phi) is 3.49. The molecular formula is C12H16N2O4. The monoisotopic (exact) mass is 252 g/mol. The van der Waals surface area contributed by atoms with Crippen LogP contribution in [0.1, 0.15) is 23.7 Å². The molecule has 18 heavy (non-hydrogen) atoms. The number of rotatable bonds is 3. The number of aromatic nitrogens is 1. The van der Waals surface area contributed by atoms with Gasteiger partial charge in [-0.25, -0.2) is 0 Å². The van der Waals surface area contributed by atoms with Crippen molar-refractivity contribution in [2.75, 3.05) is 13.2 Å². The molecule has 6 heteroatoms. The van der Waals surface area contributed by atoms with E-state index in [1.54, 1.807) is 6.92 Å². The molecule has 1 aliphatic rings. The molecule has 2 rings (SSSR count). The summed E-state index contributed by atoms with van der Waals surface area (Å²) in [7, 11) is 0. The molecule has 98 valence electrons. The number of aromatic amines is 1. The molecular weight excluding hydrogens is 236 g/mol. The van der Waals surface area contributed by atoms with Gasteiger partial charge in [-0.1, -0.05) is 0 Å². The van der Waals surface area contributed by atoms with E-state index in [4.69, 9.17) is 4.74 Å². The maximum atomic E-state index is 11.8. The van der Waals surface area contributed by atoms with Gasteiger partial charge < -0.3 is 20.1 Å². The maximum absolute atomic E-state index is 11.8. The molecule has 1 aliphatic heterocycles. The molecule has 0 saturated carbocycles. The normalized spacial score (nSPS) is 27.1. The van der Waals surface area contributed by atoms with Crippen LogP contribution in [-0.2, 0) is 4.74 Å². The highest BCUT2D eigenvalue weighted by molar-refractivity contribution is 5.93. The van der Waals surface area contributed by atoms with Crippen LogP contribution >= 0.6 is 0 Å². The van der Waals surface area contributed by atoms with Gasteiger partial charge >= 0.3 is 0 Å². The fourth-order valence-electron chi connectivity index (χ4n) is 1.92. The van der Waals surface area contributed by atoms with Gasteiger partial charge in [-0.05, 0) is 13.0 Å². The van der Waals surface area contributed by atoms with Gasteiger partial charge in [0.1, 0.15) is 5.60 Å². The summed E-state index contributed by atoms with van der Waals surface area (Å²) in [5.74, 6) is -0.381. The highest BCUT2D eigenvalue weighted by Crippen LogP contribution is 2.24. The molecule has 0 aromatic carbocycles. The summed E-state index contributed by atoms with van der Waals surface area (Å²) in [6, 6.07) is 2.73. The maximum Gasteiger partial charge on any atom is 0.251 e. The van der Waals surface area contributed by atoms with Gasteiger partial charge in [0.15, 0.2) is 0 Å². The van der Waals surface area contributed by atoms with Crippen LogP contribution in [-0.4, -0.2) is 40.9 Å². The third-order valence-electron chi connectivity index (χ3n) is 3.25. The second-order valence-corrected chi connectivity index (χ2v) is 4.49. The SMILES string of the molecule is CC1OCCC1(O)CNC(=O)c1cc[nH]c(=O)c1. The van der Waals surface area contributed by atoms with Crippen molar-refractivity contribution in [1.29, 1.82) is 0 Å². The summed E-state index contributed by atoms with van der Waals surface area (Å²) in [6.45, 7) is 2.37. The smallest absolute Gasteiger partial charge is 0.251 e. The Labute approximate surface area is 104 Å². The van der Waals surface area contributed by atoms with Crippen molar-refractivity contribution in [1.82, 2.24) is 10.3 Å². The van der Waals surface area contributed by atoms with Crippen LogP contribution < -0.4 is 10.9 Å². The number of aliphatic hydroxyl groups is 1. The number of amides is 1. The van der Waals surface area contributed by atoms with Crippen molar-refractivity contribution in [3.8, 4) is 0 Å². The molecule has 1 aromatic heterocycles. The molecule has 2 unspecified atom stereocenters. The zero-order chi connectivity index (χ0) is 13.2. The lowest BCUT2D eigenvalue weighted by molar-refractivity contribution is -0.0251. The van der Waals surface area contributed by atoms with E-state index in [0.717, 1.165) is 0 Å². The number of carbonyl (C=O) groups excluding carboxylic acids is 1. The van der Waals surface area contributed by atoms with E-state index >= 15 is 0 Å². The lowest BCUT2D eigenvalue weighted by Gasteiger charge is -2.26. The van der Waals surface area contributed by atoms with Gasteiger partial charge in [-0.2, -0.15) is 0 Å². The molecule has 1 aromatic rings. The molecule has 0 radical (unpaired) electrons. The van der Waals surface area contributed by atoms with Crippen molar-refractivity contribution in [2.24, 2.45) is 0 Å². The Morgan fingerprint density at radius 3 is 3.11 bits per heavy atom. The fraction of sp³-hybridized carbons (Fsp3) is 0.500. The van der Waals surface area contributed by atoms with E-state index in [1.165, 1.54) is 18.3 Å². The number of carbonyl (C=O) groups is 1. The Bertz CT molecular complexity index is 499. The Hall–Kier alpha value is -1.66. The van der Waals surface area contributed by atoms with Crippen molar-refractivity contribution in [3.05, 3.63) is 34.2 Å². The molecule has 1 saturated heterocycles. The van der Waals surface area contributed by atoms with Crippen LogP contribution in [0.3, 0.4) is 0 Å². The fourth-order valence-corrected chi connectivity index (χ4v) is 1.92. The third kappa shape index (κ3) is 2.60. The molecule has 0 spiro atoms. The van der Waals surface area contributed by atoms with Crippen LogP contribution in [0, 0.1) is 0 Å². The van der Waals surface area contributed by atoms with E-state index in [-0.39, 0.29) is 29.7 Å². The number of hydrogen-bond acceptors (Lipinski definition) is 4. The summed E-state index contributed by atoms with van der Waals surface area (Å²) in [5.41, 5.74) is -1.09. The summed E-state index contributed by atoms with van der Waals surface area (Å²) in [4.78, 5) is 25.3. The third-order valence-corrected chi connectivity index (χ3v) is 3.25. The first-order valence-electron chi connectivity index (χ1n) is 5.82. The first kappa shape index (κ1) is 12.8. The van der Waals surface area contributed by atoms with E-state index in [9.17, 15) is 14.7 Å². The van der Waals surface area contributed by atoms with Crippen molar-refractivity contribution >= 4 is 5.91 Å². The first-order valence-corrected chi connectivity index (χ1v) is 5.82. The van der Waals surface area contributed by atoms with E-state index in [2.05, 4.69) is 10.3 Å². The van der Waals surface area contributed by atoms with Gasteiger partial charge in [0, 0.05) is 37.4 Å². The highest BCUT2D eigenvalue weighted by Gasteiger charge is 2.39. The minimum Gasteiger partial charge on any atom is -0.385 e. The van der Waals surface area contributed by atoms with Crippen LogP contribution in [0.25, 0.3) is 0 Å². The van der Waals surface area contributed by atoms with E-state index in [1.807, 2.05) is 0 Å². The number of nitrogens with one attached hydrogen (secondary N) is 2. The molecule has 3 N–H and O–H groups in total. The van der Waals surface area contributed by atoms with Gasteiger partial charge in [0.25, 0.3) is 5.91 Å². The molecule has 2 atom stereocenters. The van der Waals surface area contributed by atoms with Crippen molar-refractivity contribution in [2.45, 2.75) is 25.0 Å². The molecule has 2 heterocycles. The minimum absolute atomic E-state index is 0.111. The van der Waals surface area contributed by atoms with Crippen LogP contribution in [0.2, 0.25) is 0 Å². The van der Waals surface area contributed by atoms with Gasteiger partial charge in [0.05, 0.1) is 6.10 Å². The van der Waals surface area contributed by atoms with E-state index < -0.39 is 5.60 Å². The Morgan fingerprint density at radius 1 is 1.72 bits per heavy atom. The zero-order valence-electron chi connectivity index (χ0n) is 10.1. The van der Waals surface area contributed by atoms with Gasteiger partial charge in [-0.15, -0.1) is 0 Å². The average Bonchev–Trinajstić information content (AvgIpc) is 2.67. The van der Waals surface area contributed by atoms with Crippen LogP contribution in [0.15, 0.2) is 23.1 Å². The molecule has 1 amide bonds. The van der Waals surface area contributed by atoms with Crippen molar-refractivity contribution in [3.63, 3.8) is 0 Å². The predicted molar refractivity (Wildman–Crippen MR) is 64.4 cm³/mol. The lowest BCUT2D eigenvalue weighted by Crippen LogP contribution is -2.47. The standard InChI is InChI=1S/C12H16N2O4/c1-8-12(17,3-5-18-8)7-14-11(16)9-2-4-13-10(15)6-9/h2,4,6,8,17H,3,5,7H2,1H3,(H,13,15)(H,14,16). The topological polar surface area (TPSA) is 91.4 Å². The van der Waals surface area contributed by atoms with Crippen LogP contribution in [0.4, 0.5) is 0 Å². The number of ether oxygens (including phenoxy) is 1. The molecule has 1 fully saturated rings. The first-order chi connectivity index (χ1) is 8.51. The van der Waals surface area contributed by atoms with Gasteiger partial charge in [0.2, 0.25) is 5.56 Å². The number of pyridine rings is 1. The van der Waals surface area contributed by atoms with Crippen molar-refractivity contribution < 1.29 is 14.6 Å². The molecule has 0 aliphatic carbocycles. The summed E-state index contributed by atoms with van der Waals surface area (Å²) < 4.78 is 5.27. The number of hydrogen-bond donors (Lipinski definition) is 3. The highest BCUT2D eigenvalue weighted by atomic mass is 16.5. The molecule has 6 nitrogen and oxygen atoms in total. The largest absolute Gasteiger partial charge is 0.385 e. The lowest BCUT2D eigenvalue weighted by atomic mass is 9.96. The minimum atomic E-state index is -1.03. The predicted octanol–water partition coefficient (Wildman–Crippen LogP) is -0.355. The quantitative estimate of drug-likeness (QED) is 0.685. The van der Waals surface area contributed by atoms with Crippen LogP contribution in [0.5, 0.6) is 0 Å². The summed E-state index contributed by atoms with van der Waals surface area (Å²) >= 11 is 0. The Morgan fingerprint density at radius 2 is 2.50 bits per heavy atom. The number of H-pyrrole nitrogens is 1. The Balaban J connectivity index is 1.98. The van der Waals surface area contributed by atoms with Gasteiger partial charge in [-0.3, -0.25) is 9.59 Å².